The number of imidazole rings is 1. The molecule has 0 fully saturated rings. The van der Waals surface area contributed by atoms with Gasteiger partial charge in [-0.3, -0.25) is 4.79 Å². The first-order chi connectivity index (χ1) is 15.8. The fourth-order valence-corrected chi connectivity index (χ4v) is 5.53. The lowest BCUT2D eigenvalue weighted by Gasteiger charge is -2.11. The molecule has 172 valence electrons. The summed E-state index contributed by atoms with van der Waals surface area (Å²) >= 11 is 1.58. The van der Waals surface area contributed by atoms with Crippen LogP contribution in [-0.2, 0) is 41.7 Å². The van der Waals surface area contributed by atoms with Gasteiger partial charge in [0, 0.05) is 4.88 Å². The average Bonchev–Trinajstić information content (AvgIpc) is 3.22. The van der Waals surface area contributed by atoms with Crippen molar-refractivity contribution in [3.05, 3.63) is 46.4 Å². The number of nitrogens with two attached hydrogens (primary N) is 1. The van der Waals surface area contributed by atoms with E-state index in [1.54, 1.807) is 23.5 Å². The van der Waals surface area contributed by atoms with Crippen LogP contribution < -0.4 is 5.73 Å². The van der Waals surface area contributed by atoms with E-state index in [1.165, 1.54) is 29.0 Å². The van der Waals surface area contributed by atoms with E-state index in [0.29, 0.717) is 5.82 Å². The molecule has 33 heavy (non-hydrogen) atoms. The van der Waals surface area contributed by atoms with Gasteiger partial charge in [0.2, 0.25) is 5.82 Å². The van der Waals surface area contributed by atoms with E-state index >= 15 is 0 Å². The van der Waals surface area contributed by atoms with Crippen molar-refractivity contribution in [3.8, 4) is 0 Å². The fourth-order valence-electron chi connectivity index (χ4n) is 4.24. The molecule has 4 aromatic rings. The molecule has 2 N–H and O–H groups in total. The number of carbonyl (C=O) groups excluding carboxylic acids is 1. The zero-order valence-corrected chi connectivity index (χ0v) is 18.3. The molecule has 0 saturated carbocycles. The van der Waals surface area contributed by atoms with Crippen LogP contribution in [0.5, 0.6) is 0 Å². The van der Waals surface area contributed by atoms with Gasteiger partial charge in [-0.2, -0.15) is 13.2 Å². The Hall–Kier alpha value is -3.21. The number of hydrogen-bond acceptors (Lipinski definition) is 7. The molecule has 0 atom stereocenters. The number of para-hydroxylation sites is 2. The first-order valence-electron chi connectivity index (χ1n) is 10.6. The number of ether oxygens (including phenoxy) is 1. The van der Waals surface area contributed by atoms with E-state index in [0.717, 1.165) is 40.5 Å². The smallest absolute Gasteiger partial charge is 0.449 e. The lowest BCUT2D eigenvalue weighted by atomic mass is 10.1. The monoisotopic (exact) mass is 475 g/mol. The average molecular weight is 475 g/mol. The zero-order chi connectivity index (χ0) is 23.2. The van der Waals surface area contributed by atoms with E-state index < -0.39 is 24.5 Å². The van der Waals surface area contributed by atoms with E-state index in [1.807, 2.05) is 0 Å². The molecule has 0 bridgehead atoms. The number of nitrogens with zero attached hydrogens (tertiary/aromatic N) is 4. The second kappa shape index (κ2) is 8.29. The highest BCUT2D eigenvalue weighted by Crippen LogP contribution is 2.37. The second-order valence-corrected chi connectivity index (χ2v) is 9.02. The van der Waals surface area contributed by atoms with Crippen LogP contribution in [0.25, 0.3) is 21.3 Å². The van der Waals surface area contributed by atoms with Crippen LogP contribution in [0, 0.1) is 0 Å². The topological polar surface area (TPSA) is 95.9 Å². The standard InChI is InChI=1S/C22H20F3N5O2S/c23-22(24,25)21-27-13-7-4-5-8-14(13)30(21)10-17(31)32-11-16-28-19(26)18-12-6-2-1-3-9-15(12)33-20(18)29-16/h4-5,7-8H,1-3,6,9-11H2,(H2,26,28,29). The number of hydrogen-bond donors (Lipinski definition) is 1. The highest BCUT2D eigenvalue weighted by molar-refractivity contribution is 7.19. The van der Waals surface area contributed by atoms with E-state index in [9.17, 15) is 18.0 Å². The number of benzene rings is 1. The highest BCUT2D eigenvalue weighted by atomic mass is 32.1. The van der Waals surface area contributed by atoms with Crippen LogP contribution in [-0.4, -0.2) is 25.5 Å². The second-order valence-electron chi connectivity index (χ2n) is 7.94. The summed E-state index contributed by atoms with van der Waals surface area (Å²) in [7, 11) is 0. The van der Waals surface area contributed by atoms with Gasteiger partial charge in [0.1, 0.15) is 17.2 Å². The summed E-state index contributed by atoms with van der Waals surface area (Å²) in [6, 6.07) is 6.10. The van der Waals surface area contributed by atoms with Crippen molar-refractivity contribution in [2.45, 2.75) is 51.4 Å². The van der Waals surface area contributed by atoms with Gasteiger partial charge in [-0.1, -0.05) is 18.6 Å². The molecule has 0 unspecified atom stereocenters. The van der Waals surface area contributed by atoms with Crippen molar-refractivity contribution < 1.29 is 22.7 Å². The Bertz CT molecular complexity index is 1360. The van der Waals surface area contributed by atoms with Crippen molar-refractivity contribution in [1.82, 2.24) is 19.5 Å². The predicted molar refractivity (Wildman–Crippen MR) is 118 cm³/mol. The Morgan fingerprint density at radius 1 is 1.12 bits per heavy atom. The summed E-state index contributed by atoms with van der Waals surface area (Å²) in [5, 5.41) is 0.867. The largest absolute Gasteiger partial charge is 0.456 e. The van der Waals surface area contributed by atoms with Gasteiger partial charge in [0.25, 0.3) is 0 Å². The molecule has 5 rings (SSSR count). The van der Waals surface area contributed by atoms with E-state index in [-0.39, 0.29) is 23.5 Å². The summed E-state index contributed by atoms with van der Waals surface area (Å²) in [4.78, 5) is 26.9. The summed E-state index contributed by atoms with van der Waals surface area (Å²) in [5.74, 6) is -1.45. The van der Waals surface area contributed by atoms with Gasteiger partial charge in [-0.15, -0.1) is 11.3 Å². The normalized spacial score (nSPS) is 14.4. The summed E-state index contributed by atoms with van der Waals surface area (Å²) in [5.41, 5.74) is 7.76. The number of aryl methyl sites for hydroxylation is 2. The number of nitrogen functional groups attached to an aromatic ring is 1. The predicted octanol–water partition coefficient (Wildman–Crippen LogP) is 4.65. The molecular formula is C22H20F3N5O2S. The van der Waals surface area contributed by atoms with Gasteiger partial charge in [-0.25, -0.2) is 15.0 Å². The minimum atomic E-state index is -4.71. The van der Waals surface area contributed by atoms with Gasteiger partial charge < -0.3 is 15.0 Å². The molecule has 7 nitrogen and oxygen atoms in total. The molecule has 0 spiro atoms. The first kappa shape index (κ1) is 21.6. The van der Waals surface area contributed by atoms with Crippen LogP contribution in [0.4, 0.5) is 19.0 Å². The number of esters is 1. The SMILES string of the molecule is Nc1nc(COC(=O)Cn2c(C(F)(F)F)nc3ccccc32)nc2sc3c(c12)CCCCC3. The number of carbonyl (C=O) groups is 1. The molecule has 11 heteroatoms. The number of alkyl halides is 3. The third-order valence-corrected chi connectivity index (χ3v) is 6.88. The van der Waals surface area contributed by atoms with Crippen LogP contribution in [0.2, 0.25) is 0 Å². The molecular weight excluding hydrogens is 455 g/mol. The van der Waals surface area contributed by atoms with Crippen LogP contribution >= 0.6 is 11.3 Å². The number of fused-ring (bicyclic) bond motifs is 4. The summed E-state index contributed by atoms with van der Waals surface area (Å²) < 4.78 is 46.3. The molecule has 1 aliphatic rings. The minimum Gasteiger partial charge on any atom is -0.456 e. The van der Waals surface area contributed by atoms with Gasteiger partial charge in [0.05, 0.1) is 16.4 Å². The van der Waals surface area contributed by atoms with Crippen molar-refractivity contribution >= 4 is 44.4 Å². The molecule has 0 amide bonds. The molecule has 0 saturated heterocycles. The summed E-state index contributed by atoms with van der Waals surface area (Å²) in [6.07, 6.45) is 0.623. The quantitative estimate of drug-likeness (QED) is 0.341. The third-order valence-electron chi connectivity index (χ3n) is 5.70. The maximum Gasteiger partial charge on any atom is 0.449 e. The van der Waals surface area contributed by atoms with Gasteiger partial charge >= 0.3 is 12.1 Å². The molecule has 3 heterocycles. The molecule has 3 aromatic heterocycles. The van der Waals surface area contributed by atoms with Crippen molar-refractivity contribution in [3.63, 3.8) is 0 Å². The lowest BCUT2D eigenvalue weighted by molar-refractivity contribution is -0.151. The Morgan fingerprint density at radius 3 is 2.73 bits per heavy atom. The number of halogens is 3. The maximum atomic E-state index is 13.4. The van der Waals surface area contributed by atoms with Crippen molar-refractivity contribution in [1.29, 1.82) is 0 Å². The van der Waals surface area contributed by atoms with E-state index in [2.05, 4.69) is 15.0 Å². The van der Waals surface area contributed by atoms with Crippen LogP contribution in [0.3, 0.4) is 0 Å². The van der Waals surface area contributed by atoms with Crippen LogP contribution in [0.1, 0.15) is 41.4 Å². The lowest BCUT2D eigenvalue weighted by Crippen LogP contribution is -2.20. The Balaban J connectivity index is 1.36. The highest BCUT2D eigenvalue weighted by Gasteiger charge is 2.38. The Kier molecular flexibility index (Phi) is 5.43. The number of anilines is 1. The number of aromatic nitrogens is 4. The first-order valence-corrected chi connectivity index (χ1v) is 11.4. The molecule has 1 aliphatic carbocycles. The fraction of sp³-hybridized carbons (Fsp3) is 0.364. The zero-order valence-electron chi connectivity index (χ0n) is 17.5. The minimum absolute atomic E-state index is 0.150. The number of rotatable bonds is 4. The Morgan fingerprint density at radius 2 is 1.91 bits per heavy atom. The number of thiophene rings is 1. The van der Waals surface area contributed by atoms with Crippen LogP contribution in [0.15, 0.2) is 24.3 Å². The van der Waals surface area contributed by atoms with E-state index in [4.69, 9.17) is 10.5 Å². The van der Waals surface area contributed by atoms with Gasteiger partial charge in [-0.05, 0) is 43.4 Å². The molecule has 0 aliphatic heterocycles. The van der Waals surface area contributed by atoms with Crippen molar-refractivity contribution in [2.24, 2.45) is 0 Å². The third kappa shape index (κ3) is 4.12. The summed E-state index contributed by atoms with van der Waals surface area (Å²) in [6.45, 7) is -0.921. The van der Waals surface area contributed by atoms with Gasteiger partial charge in [0.15, 0.2) is 12.4 Å². The maximum absolute atomic E-state index is 13.4. The van der Waals surface area contributed by atoms with Crippen molar-refractivity contribution in [2.75, 3.05) is 5.73 Å². The molecule has 0 radical (unpaired) electrons. The Labute approximate surface area is 190 Å². The molecule has 1 aromatic carbocycles.